The Morgan fingerprint density at radius 1 is 0.686 bits per heavy atom. The average Bonchev–Trinajstić information content (AvgIpc) is 2.92. The standard InChI is InChI=1S/C28H26N2O5/c1-32-22-14-10-19(11-15-22)24-7-5-6-23(30-24)18-8-12-21(13-9-18)29-28(31)20-16-25(33-2)27(35-4)26(17-20)34-3/h5-17H,1-4H3,(H,29,31). The number of methoxy groups -OCH3 is 4. The van der Waals surface area contributed by atoms with Gasteiger partial charge in [-0.1, -0.05) is 18.2 Å². The van der Waals surface area contributed by atoms with E-state index < -0.39 is 0 Å². The van der Waals surface area contributed by atoms with Crippen LogP contribution in [0.5, 0.6) is 23.0 Å². The lowest BCUT2D eigenvalue weighted by atomic mass is 10.1. The summed E-state index contributed by atoms with van der Waals surface area (Å²) in [5.41, 5.74) is 4.68. The summed E-state index contributed by atoms with van der Waals surface area (Å²) >= 11 is 0. The maximum absolute atomic E-state index is 12.9. The number of nitrogens with zero attached hydrogens (tertiary/aromatic N) is 1. The lowest BCUT2D eigenvalue weighted by Gasteiger charge is -2.14. The molecular weight excluding hydrogens is 444 g/mol. The van der Waals surface area contributed by atoms with Crippen LogP contribution in [0.3, 0.4) is 0 Å². The number of carbonyl (C=O) groups excluding carboxylic acids is 1. The third-order valence-corrected chi connectivity index (χ3v) is 5.50. The Labute approximate surface area is 204 Å². The molecule has 7 nitrogen and oxygen atoms in total. The zero-order valence-electron chi connectivity index (χ0n) is 20.0. The summed E-state index contributed by atoms with van der Waals surface area (Å²) in [6.07, 6.45) is 0. The molecule has 1 N–H and O–H groups in total. The van der Waals surface area contributed by atoms with Crippen LogP contribution in [0, 0.1) is 0 Å². The van der Waals surface area contributed by atoms with E-state index in [1.807, 2.05) is 66.7 Å². The van der Waals surface area contributed by atoms with E-state index in [1.54, 1.807) is 19.2 Å². The Hall–Kier alpha value is -4.52. The van der Waals surface area contributed by atoms with Crippen LogP contribution in [0.1, 0.15) is 10.4 Å². The van der Waals surface area contributed by atoms with Crippen LogP contribution >= 0.6 is 0 Å². The highest BCUT2D eigenvalue weighted by molar-refractivity contribution is 6.05. The SMILES string of the molecule is COc1ccc(-c2cccc(-c3ccc(NC(=O)c4cc(OC)c(OC)c(OC)c4)cc3)n2)cc1. The third-order valence-electron chi connectivity index (χ3n) is 5.50. The molecule has 1 amide bonds. The number of benzene rings is 3. The van der Waals surface area contributed by atoms with Crippen molar-refractivity contribution in [3.05, 3.63) is 84.4 Å². The molecule has 0 saturated heterocycles. The van der Waals surface area contributed by atoms with Crippen molar-refractivity contribution in [1.82, 2.24) is 4.98 Å². The van der Waals surface area contributed by atoms with Crippen molar-refractivity contribution in [3.8, 4) is 45.5 Å². The van der Waals surface area contributed by atoms with Crippen molar-refractivity contribution in [2.24, 2.45) is 0 Å². The van der Waals surface area contributed by atoms with Gasteiger partial charge in [0.05, 0.1) is 39.8 Å². The van der Waals surface area contributed by atoms with E-state index in [4.69, 9.17) is 23.9 Å². The zero-order chi connectivity index (χ0) is 24.8. The molecule has 3 aromatic carbocycles. The smallest absolute Gasteiger partial charge is 0.255 e. The van der Waals surface area contributed by atoms with E-state index in [-0.39, 0.29) is 5.91 Å². The monoisotopic (exact) mass is 470 g/mol. The van der Waals surface area contributed by atoms with Crippen LogP contribution in [0.4, 0.5) is 5.69 Å². The summed E-state index contributed by atoms with van der Waals surface area (Å²) in [6.45, 7) is 0. The molecule has 0 radical (unpaired) electrons. The van der Waals surface area contributed by atoms with Gasteiger partial charge in [0.25, 0.3) is 5.91 Å². The molecule has 0 saturated carbocycles. The van der Waals surface area contributed by atoms with Crippen molar-refractivity contribution in [3.63, 3.8) is 0 Å². The Bertz CT molecular complexity index is 1290. The van der Waals surface area contributed by atoms with Gasteiger partial charge in [-0.3, -0.25) is 4.79 Å². The minimum atomic E-state index is -0.295. The van der Waals surface area contributed by atoms with Gasteiger partial charge in [0.15, 0.2) is 11.5 Å². The van der Waals surface area contributed by atoms with Crippen LogP contribution < -0.4 is 24.3 Å². The number of rotatable bonds is 8. The lowest BCUT2D eigenvalue weighted by molar-refractivity contribution is 0.102. The predicted molar refractivity (Wildman–Crippen MR) is 136 cm³/mol. The van der Waals surface area contributed by atoms with Crippen LogP contribution in [-0.4, -0.2) is 39.3 Å². The summed E-state index contributed by atoms with van der Waals surface area (Å²) in [6, 6.07) is 24.4. The second kappa shape index (κ2) is 10.6. The highest BCUT2D eigenvalue weighted by atomic mass is 16.5. The Morgan fingerprint density at radius 2 is 1.23 bits per heavy atom. The first kappa shape index (κ1) is 23.6. The first-order valence-electron chi connectivity index (χ1n) is 10.9. The fraction of sp³-hybridized carbons (Fsp3) is 0.143. The molecule has 1 aromatic heterocycles. The van der Waals surface area contributed by atoms with Gasteiger partial charge < -0.3 is 24.3 Å². The normalized spacial score (nSPS) is 10.4. The van der Waals surface area contributed by atoms with E-state index in [2.05, 4.69) is 5.32 Å². The van der Waals surface area contributed by atoms with Gasteiger partial charge in [0.2, 0.25) is 5.75 Å². The minimum absolute atomic E-state index is 0.295. The molecule has 0 aliphatic rings. The topological polar surface area (TPSA) is 78.9 Å². The van der Waals surface area contributed by atoms with Gasteiger partial charge in [0, 0.05) is 22.4 Å². The number of carbonyl (C=O) groups is 1. The largest absolute Gasteiger partial charge is 0.497 e. The van der Waals surface area contributed by atoms with Crippen LogP contribution in [0.25, 0.3) is 22.5 Å². The van der Waals surface area contributed by atoms with Crippen molar-refractivity contribution in [2.45, 2.75) is 0 Å². The Kier molecular flexibility index (Phi) is 7.16. The number of anilines is 1. The number of aromatic nitrogens is 1. The van der Waals surface area contributed by atoms with Crippen LogP contribution in [-0.2, 0) is 0 Å². The maximum atomic E-state index is 12.9. The molecule has 178 valence electrons. The maximum Gasteiger partial charge on any atom is 0.255 e. The molecule has 0 fully saturated rings. The second-order valence-corrected chi connectivity index (χ2v) is 7.58. The van der Waals surface area contributed by atoms with E-state index >= 15 is 0 Å². The van der Waals surface area contributed by atoms with Gasteiger partial charge in [0.1, 0.15) is 5.75 Å². The quantitative estimate of drug-likeness (QED) is 0.356. The molecule has 7 heteroatoms. The van der Waals surface area contributed by atoms with Gasteiger partial charge in [-0.25, -0.2) is 4.98 Å². The van der Waals surface area contributed by atoms with Crippen molar-refractivity contribution >= 4 is 11.6 Å². The predicted octanol–water partition coefficient (Wildman–Crippen LogP) is 5.70. The molecule has 0 unspecified atom stereocenters. The second-order valence-electron chi connectivity index (χ2n) is 7.58. The van der Waals surface area contributed by atoms with E-state index in [0.717, 1.165) is 28.3 Å². The molecule has 4 aromatic rings. The molecule has 0 aliphatic carbocycles. The van der Waals surface area contributed by atoms with Crippen molar-refractivity contribution in [2.75, 3.05) is 33.8 Å². The summed E-state index contributed by atoms with van der Waals surface area (Å²) in [5, 5.41) is 2.90. The fourth-order valence-electron chi connectivity index (χ4n) is 3.66. The molecule has 0 bridgehead atoms. The van der Waals surface area contributed by atoms with Crippen molar-refractivity contribution < 1.29 is 23.7 Å². The minimum Gasteiger partial charge on any atom is -0.497 e. The van der Waals surface area contributed by atoms with Crippen LogP contribution in [0.15, 0.2) is 78.9 Å². The van der Waals surface area contributed by atoms with E-state index in [1.165, 1.54) is 21.3 Å². The van der Waals surface area contributed by atoms with Crippen LogP contribution in [0.2, 0.25) is 0 Å². The number of hydrogen-bond donors (Lipinski definition) is 1. The Morgan fingerprint density at radius 3 is 1.71 bits per heavy atom. The van der Waals surface area contributed by atoms with Gasteiger partial charge >= 0.3 is 0 Å². The summed E-state index contributed by atoms with van der Waals surface area (Å²) in [7, 11) is 6.18. The molecule has 1 heterocycles. The number of ether oxygens (including phenoxy) is 4. The number of amides is 1. The number of hydrogen-bond acceptors (Lipinski definition) is 6. The summed E-state index contributed by atoms with van der Waals surface area (Å²) < 4.78 is 21.2. The highest BCUT2D eigenvalue weighted by Crippen LogP contribution is 2.38. The zero-order valence-corrected chi connectivity index (χ0v) is 20.0. The molecule has 0 atom stereocenters. The molecular formula is C28H26N2O5. The molecule has 0 spiro atoms. The summed E-state index contributed by atoms with van der Waals surface area (Å²) in [4.78, 5) is 17.7. The molecule has 35 heavy (non-hydrogen) atoms. The van der Waals surface area contributed by atoms with Crippen molar-refractivity contribution in [1.29, 1.82) is 0 Å². The van der Waals surface area contributed by atoms with E-state index in [0.29, 0.717) is 28.5 Å². The summed E-state index contributed by atoms with van der Waals surface area (Å²) in [5.74, 6) is 1.76. The molecule has 0 aliphatic heterocycles. The number of pyridine rings is 1. The number of nitrogens with one attached hydrogen (secondary N) is 1. The van der Waals surface area contributed by atoms with E-state index in [9.17, 15) is 4.79 Å². The lowest BCUT2D eigenvalue weighted by Crippen LogP contribution is -2.12. The fourth-order valence-corrected chi connectivity index (χ4v) is 3.66. The first-order chi connectivity index (χ1) is 17.1. The van der Waals surface area contributed by atoms with Gasteiger partial charge in [-0.05, 0) is 60.7 Å². The average molecular weight is 471 g/mol. The van der Waals surface area contributed by atoms with Gasteiger partial charge in [-0.15, -0.1) is 0 Å². The third kappa shape index (κ3) is 5.19. The highest BCUT2D eigenvalue weighted by Gasteiger charge is 2.17. The molecule has 4 rings (SSSR count). The van der Waals surface area contributed by atoms with Gasteiger partial charge in [-0.2, -0.15) is 0 Å². The first-order valence-corrected chi connectivity index (χ1v) is 10.9. The Balaban J connectivity index is 1.52.